The van der Waals surface area contributed by atoms with Crippen molar-refractivity contribution in [1.29, 1.82) is 5.26 Å². The standard InChI is InChI=1S/C25H25N7O/c1-15(2)31-24(21-9-10-28-14-30-21)22-16(3)33-25(27)20(13-26)23(22)18-5-7-19(8-6-18)32-12-11-29-17(32)4/h5-12,14-15,23H,27H2,1-4H3. The molecule has 8 heteroatoms. The number of nitriles is 1. The number of aromatic nitrogens is 4. The van der Waals surface area contributed by atoms with E-state index in [9.17, 15) is 5.26 Å². The number of hydrogen-bond donors (Lipinski definition) is 1. The Labute approximate surface area is 192 Å². The van der Waals surface area contributed by atoms with E-state index in [2.05, 4.69) is 21.0 Å². The van der Waals surface area contributed by atoms with Gasteiger partial charge in [-0.15, -0.1) is 0 Å². The van der Waals surface area contributed by atoms with Gasteiger partial charge in [-0.2, -0.15) is 5.26 Å². The number of aliphatic imine (C=N–C) groups is 1. The van der Waals surface area contributed by atoms with Crippen LogP contribution in [0.4, 0.5) is 0 Å². The number of aryl methyl sites for hydroxylation is 1. The van der Waals surface area contributed by atoms with E-state index in [4.69, 9.17) is 15.5 Å². The molecule has 1 aliphatic rings. The fourth-order valence-electron chi connectivity index (χ4n) is 3.96. The summed E-state index contributed by atoms with van der Waals surface area (Å²) >= 11 is 0. The SMILES string of the molecule is CC1=C(C(=NC(C)C)c2ccncn2)C(c2ccc(-n3ccnc3C)cc2)C(C#N)=C(N)O1. The smallest absolute Gasteiger partial charge is 0.205 e. The quantitative estimate of drug-likeness (QED) is 0.602. The molecule has 0 fully saturated rings. The first kappa shape index (κ1) is 22.0. The topological polar surface area (TPSA) is 115 Å². The van der Waals surface area contributed by atoms with Gasteiger partial charge in [0.2, 0.25) is 5.88 Å². The molecule has 1 aliphatic heterocycles. The van der Waals surface area contributed by atoms with Gasteiger partial charge in [0.05, 0.1) is 17.3 Å². The number of benzene rings is 1. The summed E-state index contributed by atoms with van der Waals surface area (Å²) in [6.45, 7) is 7.77. The van der Waals surface area contributed by atoms with Crippen LogP contribution >= 0.6 is 0 Å². The highest BCUT2D eigenvalue weighted by Crippen LogP contribution is 2.41. The molecule has 33 heavy (non-hydrogen) atoms. The first-order valence-corrected chi connectivity index (χ1v) is 10.6. The van der Waals surface area contributed by atoms with Crippen molar-refractivity contribution in [3.63, 3.8) is 0 Å². The van der Waals surface area contributed by atoms with E-state index in [0.29, 0.717) is 22.7 Å². The molecule has 0 spiro atoms. The fourth-order valence-corrected chi connectivity index (χ4v) is 3.96. The zero-order valence-corrected chi connectivity index (χ0v) is 19.0. The molecule has 1 atom stereocenters. The Kier molecular flexibility index (Phi) is 6.05. The lowest BCUT2D eigenvalue weighted by atomic mass is 9.80. The molecule has 0 radical (unpaired) electrons. The Hall–Kier alpha value is -4.25. The summed E-state index contributed by atoms with van der Waals surface area (Å²) in [5.41, 5.74) is 10.5. The monoisotopic (exact) mass is 439 g/mol. The lowest BCUT2D eigenvalue weighted by Crippen LogP contribution is -2.26. The Bertz CT molecular complexity index is 1290. The van der Waals surface area contributed by atoms with Crippen LogP contribution in [0.2, 0.25) is 0 Å². The summed E-state index contributed by atoms with van der Waals surface area (Å²) in [5, 5.41) is 10.0. The minimum Gasteiger partial charge on any atom is -0.445 e. The summed E-state index contributed by atoms with van der Waals surface area (Å²) in [6.07, 6.45) is 6.83. The molecule has 1 aromatic carbocycles. The second kappa shape index (κ2) is 9.09. The molecule has 0 bridgehead atoms. The third-order valence-corrected chi connectivity index (χ3v) is 5.40. The van der Waals surface area contributed by atoms with Crippen LogP contribution in [-0.2, 0) is 4.74 Å². The fraction of sp³-hybridized carbons (Fsp3) is 0.240. The zero-order valence-electron chi connectivity index (χ0n) is 19.0. The molecule has 4 rings (SSSR count). The molecular formula is C25H25N7O. The minimum atomic E-state index is -0.450. The predicted molar refractivity (Wildman–Crippen MR) is 125 cm³/mol. The van der Waals surface area contributed by atoms with Gasteiger partial charge in [0, 0.05) is 35.9 Å². The minimum absolute atomic E-state index is 0.00343. The Morgan fingerprint density at radius 3 is 2.48 bits per heavy atom. The van der Waals surface area contributed by atoms with Crippen LogP contribution in [0.25, 0.3) is 5.69 Å². The van der Waals surface area contributed by atoms with Gasteiger partial charge in [0.1, 0.15) is 29.6 Å². The molecule has 0 saturated heterocycles. The van der Waals surface area contributed by atoms with Crippen molar-refractivity contribution in [2.45, 2.75) is 39.7 Å². The first-order valence-electron chi connectivity index (χ1n) is 10.6. The van der Waals surface area contributed by atoms with Gasteiger partial charge in [-0.1, -0.05) is 12.1 Å². The van der Waals surface area contributed by atoms with Crippen LogP contribution in [0.15, 0.2) is 83.0 Å². The number of ether oxygens (including phenoxy) is 1. The average molecular weight is 440 g/mol. The molecule has 1 unspecified atom stereocenters. The normalized spacial score (nSPS) is 16.7. The van der Waals surface area contributed by atoms with Crippen LogP contribution in [-0.4, -0.2) is 31.3 Å². The van der Waals surface area contributed by atoms with Crippen molar-refractivity contribution in [1.82, 2.24) is 19.5 Å². The Balaban J connectivity index is 1.88. The second-order valence-corrected chi connectivity index (χ2v) is 8.00. The van der Waals surface area contributed by atoms with Crippen LogP contribution in [0, 0.1) is 18.3 Å². The predicted octanol–water partition coefficient (Wildman–Crippen LogP) is 3.95. The summed E-state index contributed by atoms with van der Waals surface area (Å²) < 4.78 is 7.81. The molecule has 3 aromatic rings. The highest BCUT2D eigenvalue weighted by Gasteiger charge is 2.35. The number of nitrogens with zero attached hydrogens (tertiary/aromatic N) is 6. The molecule has 166 valence electrons. The van der Waals surface area contributed by atoms with Crippen molar-refractivity contribution in [2.24, 2.45) is 10.7 Å². The van der Waals surface area contributed by atoms with Crippen molar-refractivity contribution in [2.75, 3.05) is 0 Å². The second-order valence-electron chi connectivity index (χ2n) is 8.00. The maximum Gasteiger partial charge on any atom is 0.205 e. The maximum atomic E-state index is 10.0. The molecule has 3 heterocycles. The summed E-state index contributed by atoms with van der Waals surface area (Å²) in [7, 11) is 0. The van der Waals surface area contributed by atoms with Crippen LogP contribution in [0.5, 0.6) is 0 Å². The lowest BCUT2D eigenvalue weighted by molar-refractivity contribution is 0.283. The van der Waals surface area contributed by atoms with E-state index in [1.807, 2.05) is 62.7 Å². The number of nitrogens with two attached hydrogens (primary N) is 1. The van der Waals surface area contributed by atoms with Crippen molar-refractivity contribution >= 4 is 5.71 Å². The third kappa shape index (κ3) is 4.26. The van der Waals surface area contributed by atoms with Crippen molar-refractivity contribution in [3.05, 3.63) is 95.1 Å². The molecule has 0 aliphatic carbocycles. The van der Waals surface area contributed by atoms with E-state index < -0.39 is 5.92 Å². The largest absolute Gasteiger partial charge is 0.445 e. The van der Waals surface area contributed by atoms with E-state index >= 15 is 0 Å². The van der Waals surface area contributed by atoms with Gasteiger partial charge in [0.15, 0.2) is 0 Å². The van der Waals surface area contributed by atoms with Crippen LogP contribution in [0.3, 0.4) is 0 Å². The number of hydrogen-bond acceptors (Lipinski definition) is 7. The Morgan fingerprint density at radius 1 is 1.15 bits per heavy atom. The molecule has 0 amide bonds. The first-order chi connectivity index (χ1) is 15.9. The lowest BCUT2D eigenvalue weighted by Gasteiger charge is -2.29. The summed E-state index contributed by atoms with van der Waals surface area (Å²) in [6, 6.07) is 12.1. The van der Waals surface area contributed by atoms with Crippen molar-refractivity contribution in [3.8, 4) is 11.8 Å². The zero-order chi connectivity index (χ0) is 23.5. The maximum absolute atomic E-state index is 10.0. The third-order valence-electron chi connectivity index (χ3n) is 5.40. The van der Waals surface area contributed by atoms with E-state index in [-0.39, 0.29) is 11.9 Å². The number of allylic oxidation sites excluding steroid dienone is 3. The van der Waals surface area contributed by atoms with Crippen molar-refractivity contribution < 1.29 is 4.74 Å². The van der Waals surface area contributed by atoms with Crippen LogP contribution < -0.4 is 5.73 Å². The van der Waals surface area contributed by atoms with Gasteiger partial charge in [-0.05, 0) is 51.5 Å². The highest BCUT2D eigenvalue weighted by molar-refractivity contribution is 6.13. The van der Waals surface area contributed by atoms with Gasteiger partial charge in [-0.25, -0.2) is 15.0 Å². The number of rotatable bonds is 5. The van der Waals surface area contributed by atoms with Crippen LogP contribution in [0.1, 0.15) is 43.8 Å². The van der Waals surface area contributed by atoms with Gasteiger partial charge >= 0.3 is 0 Å². The van der Waals surface area contributed by atoms with Gasteiger partial charge < -0.3 is 15.0 Å². The van der Waals surface area contributed by atoms with E-state index in [1.165, 1.54) is 6.33 Å². The van der Waals surface area contributed by atoms with E-state index in [0.717, 1.165) is 22.6 Å². The molecule has 8 nitrogen and oxygen atoms in total. The van der Waals surface area contributed by atoms with Gasteiger partial charge in [-0.3, -0.25) is 4.99 Å². The molecule has 0 saturated carbocycles. The number of imidazole rings is 1. The molecule has 2 N–H and O–H groups in total. The summed E-state index contributed by atoms with van der Waals surface area (Å²) in [4.78, 5) is 17.6. The average Bonchev–Trinajstić information content (AvgIpc) is 3.24. The van der Waals surface area contributed by atoms with Gasteiger partial charge in [0.25, 0.3) is 0 Å². The summed E-state index contributed by atoms with van der Waals surface area (Å²) in [5.74, 6) is 1.13. The highest BCUT2D eigenvalue weighted by atomic mass is 16.5. The molecular weight excluding hydrogens is 414 g/mol. The molecule has 2 aromatic heterocycles. The Morgan fingerprint density at radius 2 is 1.91 bits per heavy atom. The van der Waals surface area contributed by atoms with E-state index in [1.54, 1.807) is 18.5 Å².